The van der Waals surface area contributed by atoms with Crippen LogP contribution in [0.5, 0.6) is 0 Å². The highest BCUT2D eigenvalue weighted by atomic mass is 16.2. The van der Waals surface area contributed by atoms with Crippen molar-refractivity contribution in [3.8, 4) is 0 Å². The standard InChI is InChI=1S/C19H32N6O2/c1-16-13-17(22(2)21-16)20-18(26)14-23-9-11-24(12-10-23)15-19(27)25-7-5-3-4-6-8-25/h13H,3-12,14-15H2,1-2H3,(H,20,26). The van der Waals surface area contributed by atoms with E-state index >= 15 is 0 Å². The molecule has 27 heavy (non-hydrogen) atoms. The molecule has 0 radical (unpaired) electrons. The molecule has 0 saturated carbocycles. The van der Waals surface area contributed by atoms with Crippen LogP contribution in [0.3, 0.4) is 0 Å². The Bertz CT molecular complexity index is 643. The third-order valence-corrected chi connectivity index (χ3v) is 5.42. The SMILES string of the molecule is Cc1cc(NC(=O)CN2CCN(CC(=O)N3CCCCCC3)CC2)n(C)n1. The van der Waals surface area contributed by atoms with Crippen LogP contribution in [-0.4, -0.2) is 88.7 Å². The Hall–Kier alpha value is -1.93. The Kier molecular flexibility index (Phi) is 6.84. The van der Waals surface area contributed by atoms with Gasteiger partial charge in [0.2, 0.25) is 11.8 Å². The smallest absolute Gasteiger partial charge is 0.239 e. The number of anilines is 1. The lowest BCUT2D eigenvalue weighted by atomic mass is 10.2. The zero-order chi connectivity index (χ0) is 19.2. The van der Waals surface area contributed by atoms with E-state index in [1.54, 1.807) is 4.68 Å². The van der Waals surface area contributed by atoms with Crippen LogP contribution >= 0.6 is 0 Å². The number of aryl methyl sites for hydroxylation is 2. The van der Waals surface area contributed by atoms with Gasteiger partial charge in [0.1, 0.15) is 5.82 Å². The minimum Gasteiger partial charge on any atom is -0.342 e. The summed E-state index contributed by atoms with van der Waals surface area (Å²) in [5.41, 5.74) is 0.885. The van der Waals surface area contributed by atoms with Crippen molar-refractivity contribution in [3.05, 3.63) is 11.8 Å². The minimum absolute atomic E-state index is 0.0212. The molecule has 0 atom stereocenters. The molecule has 2 aliphatic heterocycles. The van der Waals surface area contributed by atoms with E-state index in [2.05, 4.69) is 20.2 Å². The monoisotopic (exact) mass is 376 g/mol. The van der Waals surface area contributed by atoms with E-state index in [0.717, 1.165) is 63.6 Å². The molecule has 0 unspecified atom stereocenters. The number of amides is 2. The lowest BCUT2D eigenvalue weighted by Crippen LogP contribution is -2.51. The molecule has 1 aromatic rings. The van der Waals surface area contributed by atoms with Crippen molar-refractivity contribution in [2.75, 3.05) is 57.7 Å². The normalized spacial score (nSPS) is 19.7. The molecule has 0 bridgehead atoms. The topological polar surface area (TPSA) is 73.7 Å². The molecule has 8 heteroatoms. The number of hydrogen-bond donors (Lipinski definition) is 1. The highest BCUT2D eigenvalue weighted by Crippen LogP contribution is 2.11. The molecule has 2 fully saturated rings. The molecule has 1 aromatic heterocycles. The van der Waals surface area contributed by atoms with Gasteiger partial charge in [-0.3, -0.25) is 24.1 Å². The van der Waals surface area contributed by atoms with Crippen LogP contribution < -0.4 is 5.32 Å². The number of hydrogen-bond acceptors (Lipinski definition) is 5. The molecule has 2 aliphatic rings. The maximum absolute atomic E-state index is 12.5. The van der Waals surface area contributed by atoms with E-state index in [0.29, 0.717) is 13.1 Å². The van der Waals surface area contributed by atoms with Crippen molar-refractivity contribution in [2.45, 2.75) is 32.6 Å². The summed E-state index contributed by atoms with van der Waals surface area (Å²) in [6, 6.07) is 1.87. The van der Waals surface area contributed by atoms with Gasteiger partial charge in [0.15, 0.2) is 0 Å². The Morgan fingerprint density at radius 1 is 0.963 bits per heavy atom. The highest BCUT2D eigenvalue weighted by molar-refractivity contribution is 5.91. The third kappa shape index (κ3) is 5.77. The summed E-state index contributed by atoms with van der Waals surface area (Å²) in [7, 11) is 1.82. The first-order valence-electron chi connectivity index (χ1n) is 10.0. The fraction of sp³-hybridized carbons (Fsp3) is 0.737. The molecular formula is C19H32N6O2. The first-order chi connectivity index (χ1) is 13.0. The van der Waals surface area contributed by atoms with Gasteiger partial charge >= 0.3 is 0 Å². The Morgan fingerprint density at radius 2 is 1.56 bits per heavy atom. The second kappa shape index (κ2) is 9.32. The third-order valence-electron chi connectivity index (χ3n) is 5.42. The fourth-order valence-electron chi connectivity index (χ4n) is 3.83. The quantitative estimate of drug-likeness (QED) is 0.818. The molecule has 1 N–H and O–H groups in total. The second-order valence-electron chi connectivity index (χ2n) is 7.69. The van der Waals surface area contributed by atoms with E-state index in [9.17, 15) is 9.59 Å². The lowest BCUT2D eigenvalue weighted by molar-refractivity contribution is -0.133. The Balaban J connectivity index is 1.38. The average Bonchev–Trinajstić information content (AvgIpc) is 2.83. The van der Waals surface area contributed by atoms with Crippen LogP contribution in [0.2, 0.25) is 0 Å². The highest BCUT2D eigenvalue weighted by Gasteiger charge is 2.23. The fourth-order valence-corrected chi connectivity index (χ4v) is 3.83. The van der Waals surface area contributed by atoms with Crippen LogP contribution in [0.4, 0.5) is 5.82 Å². The molecule has 2 saturated heterocycles. The van der Waals surface area contributed by atoms with Gasteiger partial charge in [0.25, 0.3) is 0 Å². The number of aromatic nitrogens is 2. The van der Waals surface area contributed by atoms with Crippen molar-refractivity contribution in [1.29, 1.82) is 0 Å². The average molecular weight is 377 g/mol. The van der Waals surface area contributed by atoms with E-state index in [1.807, 2.05) is 24.9 Å². The van der Waals surface area contributed by atoms with Crippen molar-refractivity contribution in [1.82, 2.24) is 24.5 Å². The van der Waals surface area contributed by atoms with E-state index in [-0.39, 0.29) is 11.8 Å². The zero-order valence-corrected chi connectivity index (χ0v) is 16.6. The molecular weight excluding hydrogens is 344 g/mol. The van der Waals surface area contributed by atoms with Gasteiger partial charge in [-0.05, 0) is 19.8 Å². The summed E-state index contributed by atoms with van der Waals surface area (Å²) in [4.78, 5) is 31.2. The number of carbonyl (C=O) groups is 2. The second-order valence-corrected chi connectivity index (χ2v) is 7.69. The predicted octanol–water partition coefficient (Wildman–Crippen LogP) is 0.687. The first-order valence-corrected chi connectivity index (χ1v) is 10.0. The van der Waals surface area contributed by atoms with Crippen LogP contribution in [0.15, 0.2) is 6.07 Å². The maximum atomic E-state index is 12.5. The largest absolute Gasteiger partial charge is 0.342 e. The van der Waals surface area contributed by atoms with Gasteiger partial charge in [-0.15, -0.1) is 0 Å². The summed E-state index contributed by atoms with van der Waals surface area (Å²) in [6.45, 7) is 7.89. The summed E-state index contributed by atoms with van der Waals surface area (Å²) in [5, 5.41) is 7.15. The van der Waals surface area contributed by atoms with Gasteiger partial charge in [0.05, 0.1) is 18.8 Å². The molecule has 2 amide bonds. The Morgan fingerprint density at radius 3 is 2.11 bits per heavy atom. The number of nitrogens with one attached hydrogen (secondary N) is 1. The number of carbonyl (C=O) groups excluding carboxylic acids is 2. The maximum Gasteiger partial charge on any atom is 0.239 e. The Labute approximate surface area is 161 Å². The van der Waals surface area contributed by atoms with Gasteiger partial charge in [-0.1, -0.05) is 12.8 Å². The van der Waals surface area contributed by atoms with Crippen molar-refractivity contribution in [3.63, 3.8) is 0 Å². The van der Waals surface area contributed by atoms with Crippen molar-refractivity contribution in [2.24, 2.45) is 7.05 Å². The van der Waals surface area contributed by atoms with Crippen LogP contribution in [0.1, 0.15) is 31.4 Å². The molecule has 3 rings (SSSR count). The van der Waals surface area contributed by atoms with E-state index < -0.39 is 0 Å². The predicted molar refractivity (Wildman–Crippen MR) is 105 cm³/mol. The summed E-state index contributed by atoms with van der Waals surface area (Å²) in [5.74, 6) is 0.959. The van der Waals surface area contributed by atoms with Gasteiger partial charge in [-0.2, -0.15) is 5.10 Å². The number of rotatable bonds is 5. The summed E-state index contributed by atoms with van der Waals surface area (Å²) < 4.78 is 1.68. The van der Waals surface area contributed by atoms with Gasteiger partial charge < -0.3 is 10.2 Å². The summed E-state index contributed by atoms with van der Waals surface area (Å²) >= 11 is 0. The van der Waals surface area contributed by atoms with E-state index in [4.69, 9.17) is 0 Å². The van der Waals surface area contributed by atoms with Crippen LogP contribution in [0.25, 0.3) is 0 Å². The molecule has 8 nitrogen and oxygen atoms in total. The van der Waals surface area contributed by atoms with Crippen molar-refractivity contribution < 1.29 is 9.59 Å². The molecule has 0 aliphatic carbocycles. The van der Waals surface area contributed by atoms with Gasteiger partial charge in [0, 0.05) is 52.4 Å². The number of likely N-dealkylation sites (tertiary alicyclic amines) is 1. The van der Waals surface area contributed by atoms with Crippen LogP contribution in [-0.2, 0) is 16.6 Å². The van der Waals surface area contributed by atoms with Crippen molar-refractivity contribution >= 4 is 17.6 Å². The van der Waals surface area contributed by atoms with Gasteiger partial charge in [-0.25, -0.2) is 0 Å². The number of nitrogens with zero attached hydrogens (tertiary/aromatic N) is 5. The molecule has 3 heterocycles. The number of piperazine rings is 1. The van der Waals surface area contributed by atoms with Crippen LogP contribution in [0, 0.1) is 6.92 Å². The molecule has 0 aromatic carbocycles. The molecule has 150 valence electrons. The summed E-state index contributed by atoms with van der Waals surface area (Å²) in [6.07, 6.45) is 4.74. The zero-order valence-electron chi connectivity index (χ0n) is 16.6. The molecule has 0 spiro atoms. The minimum atomic E-state index is -0.0212. The lowest BCUT2D eigenvalue weighted by Gasteiger charge is -2.34. The van der Waals surface area contributed by atoms with E-state index in [1.165, 1.54) is 12.8 Å². The first kappa shape index (κ1) is 19.8.